The molecule has 1 heterocycles. The monoisotopic (exact) mass is 408 g/mol. The molecule has 2 amide bonds. The van der Waals surface area contributed by atoms with Crippen LogP contribution in [-0.4, -0.2) is 44.0 Å². The fraction of sp³-hybridized carbons (Fsp3) is 0.333. The molecule has 1 N–H and O–H groups in total. The highest BCUT2D eigenvalue weighted by Crippen LogP contribution is 2.30. The number of methoxy groups -OCH3 is 2. The molecule has 0 spiro atoms. The standard InChI is InChI=1S/C24H28N2O4/c1-29-21-10-6-9-20(23(21)30-2)17-25-24(28)19-13-15-26(16-14-19)22(27)12-11-18-7-4-3-5-8-18/h3-12,19H,13-17H2,1-2H3,(H,25,28)/b12-11+. The molecule has 0 saturated carbocycles. The zero-order valence-electron chi connectivity index (χ0n) is 17.5. The predicted molar refractivity (Wildman–Crippen MR) is 116 cm³/mol. The van der Waals surface area contributed by atoms with E-state index in [4.69, 9.17) is 9.47 Å². The van der Waals surface area contributed by atoms with Gasteiger partial charge < -0.3 is 19.7 Å². The fourth-order valence-corrected chi connectivity index (χ4v) is 3.62. The molecule has 0 radical (unpaired) electrons. The number of hydrogen-bond acceptors (Lipinski definition) is 4. The van der Waals surface area contributed by atoms with Gasteiger partial charge in [-0.15, -0.1) is 0 Å². The topological polar surface area (TPSA) is 67.9 Å². The number of amides is 2. The molecule has 1 aliphatic heterocycles. The Bertz CT molecular complexity index is 887. The first-order chi connectivity index (χ1) is 14.6. The molecular formula is C24H28N2O4. The average molecular weight is 408 g/mol. The molecule has 1 aliphatic rings. The highest BCUT2D eigenvalue weighted by Gasteiger charge is 2.26. The van der Waals surface area contributed by atoms with Crippen LogP contribution in [0.2, 0.25) is 0 Å². The molecular weight excluding hydrogens is 380 g/mol. The summed E-state index contributed by atoms with van der Waals surface area (Å²) in [5.41, 5.74) is 1.86. The third kappa shape index (κ3) is 5.41. The number of carbonyl (C=O) groups excluding carboxylic acids is 2. The summed E-state index contributed by atoms with van der Waals surface area (Å²) < 4.78 is 10.7. The number of carbonyl (C=O) groups is 2. The van der Waals surface area contributed by atoms with Gasteiger partial charge in [0.05, 0.1) is 14.2 Å². The van der Waals surface area contributed by atoms with Crippen LogP contribution in [0.15, 0.2) is 54.6 Å². The predicted octanol–water partition coefficient (Wildman–Crippen LogP) is 3.27. The van der Waals surface area contributed by atoms with Gasteiger partial charge in [0, 0.05) is 37.2 Å². The molecule has 2 aromatic carbocycles. The van der Waals surface area contributed by atoms with Gasteiger partial charge in [-0.25, -0.2) is 0 Å². The first-order valence-corrected chi connectivity index (χ1v) is 10.1. The number of ether oxygens (including phenoxy) is 2. The first-order valence-electron chi connectivity index (χ1n) is 10.1. The van der Waals surface area contributed by atoms with Crippen molar-refractivity contribution in [1.82, 2.24) is 10.2 Å². The molecule has 0 unspecified atom stereocenters. The number of para-hydroxylation sites is 1. The van der Waals surface area contributed by atoms with Crippen molar-refractivity contribution in [1.29, 1.82) is 0 Å². The average Bonchev–Trinajstić information content (AvgIpc) is 2.81. The van der Waals surface area contributed by atoms with E-state index >= 15 is 0 Å². The Morgan fingerprint density at radius 3 is 2.43 bits per heavy atom. The van der Waals surface area contributed by atoms with Crippen LogP contribution in [0.25, 0.3) is 6.08 Å². The van der Waals surface area contributed by atoms with E-state index in [9.17, 15) is 9.59 Å². The van der Waals surface area contributed by atoms with E-state index in [2.05, 4.69) is 5.32 Å². The second-order valence-corrected chi connectivity index (χ2v) is 7.21. The van der Waals surface area contributed by atoms with E-state index < -0.39 is 0 Å². The second-order valence-electron chi connectivity index (χ2n) is 7.21. The number of rotatable bonds is 7. The van der Waals surface area contributed by atoms with Gasteiger partial charge in [0.2, 0.25) is 11.8 Å². The van der Waals surface area contributed by atoms with Gasteiger partial charge in [0.1, 0.15) is 0 Å². The minimum atomic E-state index is -0.0937. The van der Waals surface area contributed by atoms with Crippen molar-refractivity contribution in [3.63, 3.8) is 0 Å². The Hall–Kier alpha value is -3.28. The van der Waals surface area contributed by atoms with Gasteiger partial charge in [0.15, 0.2) is 11.5 Å². The van der Waals surface area contributed by atoms with Crippen LogP contribution < -0.4 is 14.8 Å². The van der Waals surface area contributed by atoms with Crippen LogP contribution in [0.5, 0.6) is 11.5 Å². The normalized spacial score (nSPS) is 14.5. The lowest BCUT2D eigenvalue weighted by atomic mass is 9.95. The van der Waals surface area contributed by atoms with E-state index in [0.29, 0.717) is 44.0 Å². The van der Waals surface area contributed by atoms with Crippen molar-refractivity contribution in [2.75, 3.05) is 27.3 Å². The number of piperidine rings is 1. The lowest BCUT2D eigenvalue weighted by Gasteiger charge is -2.30. The smallest absolute Gasteiger partial charge is 0.246 e. The van der Waals surface area contributed by atoms with Crippen LogP contribution in [-0.2, 0) is 16.1 Å². The molecule has 6 heteroatoms. The zero-order chi connectivity index (χ0) is 21.3. The second kappa shape index (κ2) is 10.5. The van der Waals surface area contributed by atoms with Crippen molar-refractivity contribution < 1.29 is 19.1 Å². The highest BCUT2D eigenvalue weighted by molar-refractivity contribution is 5.92. The summed E-state index contributed by atoms with van der Waals surface area (Å²) in [6.45, 7) is 1.54. The van der Waals surface area contributed by atoms with Gasteiger partial charge in [0.25, 0.3) is 0 Å². The third-order valence-electron chi connectivity index (χ3n) is 5.33. The Morgan fingerprint density at radius 1 is 1.03 bits per heavy atom. The Kier molecular flexibility index (Phi) is 7.49. The Balaban J connectivity index is 1.49. The van der Waals surface area contributed by atoms with Crippen LogP contribution in [0.1, 0.15) is 24.0 Å². The first kappa shape index (κ1) is 21.4. The molecule has 0 aromatic heterocycles. The van der Waals surface area contributed by atoms with Crippen LogP contribution in [0, 0.1) is 5.92 Å². The van der Waals surface area contributed by atoms with Crippen molar-refractivity contribution >= 4 is 17.9 Å². The van der Waals surface area contributed by atoms with Gasteiger partial charge in [-0.3, -0.25) is 9.59 Å². The minimum absolute atomic E-state index is 0.00630. The maximum Gasteiger partial charge on any atom is 0.246 e. The zero-order valence-corrected chi connectivity index (χ0v) is 17.5. The van der Waals surface area contributed by atoms with Crippen molar-refractivity contribution in [3.05, 3.63) is 65.7 Å². The molecule has 1 saturated heterocycles. The summed E-state index contributed by atoms with van der Waals surface area (Å²) in [7, 11) is 3.17. The number of benzene rings is 2. The molecule has 158 valence electrons. The van der Waals surface area contributed by atoms with Crippen LogP contribution >= 0.6 is 0 Å². The van der Waals surface area contributed by atoms with E-state index in [1.807, 2.05) is 54.6 Å². The fourth-order valence-electron chi connectivity index (χ4n) is 3.62. The third-order valence-corrected chi connectivity index (χ3v) is 5.33. The molecule has 0 aliphatic carbocycles. The van der Waals surface area contributed by atoms with Crippen LogP contribution in [0.4, 0.5) is 0 Å². The quantitative estimate of drug-likeness (QED) is 0.714. The van der Waals surface area contributed by atoms with E-state index in [1.54, 1.807) is 25.2 Å². The number of nitrogens with zero attached hydrogens (tertiary/aromatic N) is 1. The van der Waals surface area contributed by atoms with Crippen molar-refractivity contribution in [2.24, 2.45) is 5.92 Å². The molecule has 1 fully saturated rings. The minimum Gasteiger partial charge on any atom is -0.493 e. The summed E-state index contributed by atoms with van der Waals surface area (Å²) in [6.07, 6.45) is 4.74. The summed E-state index contributed by atoms with van der Waals surface area (Å²) in [5.74, 6) is 1.17. The number of nitrogens with one attached hydrogen (secondary N) is 1. The van der Waals surface area contributed by atoms with Gasteiger partial charge in [-0.05, 0) is 30.5 Å². The molecule has 0 bridgehead atoms. The summed E-state index contributed by atoms with van der Waals surface area (Å²) >= 11 is 0. The maximum absolute atomic E-state index is 12.6. The Labute approximate surface area is 177 Å². The lowest BCUT2D eigenvalue weighted by molar-refractivity contribution is -0.132. The highest BCUT2D eigenvalue weighted by atomic mass is 16.5. The summed E-state index contributed by atoms with van der Waals surface area (Å²) in [4.78, 5) is 26.8. The molecule has 6 nitrogen and oxygen atoms in total. The van der Waals surface area contributed by atoms with Crippen molar-refractivity contribution in [2.45, 2.75) is 19.4 Å². The Morgan fingerprint density at radius 2 is 1.77 bits per heavy atom. The maximum atomic E-state index is 12.6. The summed E-state index contributed by atoms with van der Waals surface area (Å²) in [6, 6.07) is 15.3. The SMILES string of the molecule is COc1cccc(CNC(=O)C2CCN(C(=O)/C=C/c3ccccc3)CC2)c1OC. The van der Waals surface area contributed by atoms with E-state index in [-0.39, 0.29) is 17.7 Å². The number of hydrogen-bond donors (Lipinski definition) is 1. The van der Waals surface area contributed by atoms with Gasteiger partial charge in [-0.2, -0.15) is 0 Å². The molecule has 0 atom stereocenters. The van der Waals surface area contributed by atoms with E-state index in [0.717, 1.165) is 11.1 Å². The van der Waals surface area contributed by atoms with Crippen LogP contribution in [0.3, 0.4) is 0 Å². The van der Waals surface area contributed by atoms with Gasteiger partial charge in [-0.1, -0.05) is 42.5 Å². The summed E-state index contributed by atoms with van der Waals surface area (Å²) in [5, 5.41) is 2.99. The van der Waals surface area contributed by atoms with E-state index in [1.165, 1.54) is 0 Å². The molecule has 3 rings (SSSR count). The number of likely N-dealkylation sites (tertiary alicyclic amines) is 1. The van der Waals surface area contributed by atoms with Gasteiger partial charge >= 0.3 is 0 Å². The molecule has 2 aromatic rings. The van der Waals surface area contributed by atoms with Crippen molar-refractivity contribution in [3.8, 4) is 11.5 Å². The largest absolute Gasteiger partial charge is 0.493 e. The molecule has 30 heavy (non-hydrogen) atoms. The lowest BCUT2D eigenvalue weighted by Crippen LogP contribution is -2.42.